The van der Waals surface area contributed by atoms with E-state index in [1.54, 1.807) is 12.1 Å². The number of fused-ring (bicyclic) bond motifs is 1. The average molecular weight is 269 g/mol. The van der Waals surface area contributed by atoms with Crippen LogP contribution >= 0.6 is 11.3 Å². The van der Waals surface area contributed by atoms with Crippen LogP contribution in [0.25, 0.3) is 10.2 Å². The second-order valence-electron chi connectivity index (χ2n) is 3.89. The summed E-state index contributed by atoms with van der Waals surface area (Å²) >= 11 is 1.46. The van der Waals surface area contributed by atoms with Gasteiger partial charge in [0.15, 0.2) is 5.13 Å². The van der Waals surface area contributed by atoms with Crippen LogP contribution in [0.1, 0.15) is 5.56 Å². The zero-order valence-corrected chi connectivity index (χ0v) is 10.5. The zero-order valence-electron chi connectivity index (χ0n) is 9.72. The van der Waals surface area contributed by atoms with Crippen LogP contribution in [0, 0.1) is 17.1 Å². The summed E-state index contributed by atoms with van der Waals surface area (Å²) in [4.78, 5) is 4.39. The van der Waals surface area contributed by atoms with Crippen LogP contribution in [0.4, 0.5) is 15.2 Å². The SMILES string of the molecule is N#Cc1c(F)cccc1Nc1nc2ccccc2s1. The van der Waals surface area contributed by atoms with Gasteiger partial charge < -0.3 is 5.32 Å². The molecule has 0 amide bonds. The fourth-order valence-electron chi connectivity index (χ4n) is 1.78. The van der Waals surface area contributed by atoms with Gasteiger partial charge in [-0.15, -0.1) is 0 Å². The van der Waals surface area contributed by atoms with E-state index in [1.165, 1.54) is 17.4 Å². The molecule has 3 aromatic rings. The largest absolute Gasteiger partial charge is 0.330 e. The van der Waals surface area contributed by atoms with Crippen molar-refractivity contribution in [2.24, 2.45) is 0 Å². The number of halogens is 1. The Morgan fingerprint density at radius 3 is 2.79 bits per heavy atom. The molecular formula is C14H8FN3S. The molecule has 0 saturated heterocycles. The first-order valence-electron chi connectivity index (χ1n) is 5.59. The van der Waals surface area contributed by atoms with E-state index in [-0.39, 0.29) is 5.56 Å². The number of nitrogens with one attached hydrogen (secondary N) is 1. The summed E-state index contributed by atoms with van der Waals surface area (Å²) in [7, 11) is 0. The summed E-state index contributed by atoms with van der Waals surface area (Å²) in [5.74, 6) is -0.534. The summed E-state index contributed by atoms with van der Waals surface area (Å²) in [6.07, 6.45) is 0. The van der Waals surface area contributed by atoms with Crippen molar-refractivity contribution in [3.63, 3.8) is 0 Å². The second kappa shape index (κ2) is 4.67. The topological polar surface area (TPSA) is 48.7 Å². The van der Waals surface area contributed by atoms with Crippen molar-refractivity contribution in [1.82, 2.24) is 4.98 Å². The number of benzene rings is 2. The molecule has 0 aliphatic rings. The van der Waals surface area contributed by atoms with Crippen molar-refractivity contribution in [2.75, 3.05) is 5.32 Å². The lowest BCUT2D eigenvalue weighted by atomic mass is 10.2. The molecule has 0 spiro atoms. The highest BCUT2D eigenvalue weighted by molar-refractivity contribution is 7.22. The molecule has 0 aliphatic heterocycles. The van der Waals surface area contributed by atoms with Crippen LogP contribution in [-0.2, 0) is 0 Å². The van der Waals surface area contributed by atoms with Crippen molar-refractivity contribution in [2.45, 2.75) is 0 Å². The Kier molecular flexibility index (Phi) is 2.86. The summed E-state index contributed by atoms with van der Waals surface area (Å²) in [5.41, 5.74) is 1.31. The molecule has 3 rings (SSSR count). The molecular weight excluding hydrogens is 261 g/mol. The second-order valence-corrected chi connectivity index (χ2v) is 4.92. The molecule has 3 nitrogen and oxygen atoms in total. The first-order chi connectivity index (χ1) is 9.28. The predicted octanol–water partition coefficient (Wildman–Crippen LogP) is 4.05. The molecule has 0 radical (unpaired) electrons. The molecule has 0 unspecified atom stereocenters. The lowest BCUT2D eigenvalue weighted by Crippen LogP contribution is -1.95. The third-order valence-corrected chi connectivity index (χ3v) is 3.61. The van der Waals surface area contributed by atoms with Gasteiger partial charge in [0.05, 0.1) is 15.9 Å². The van der Waals surface area contributed by atoms with Gasteiger partial charge in [-0.1, -0.05) is 29.5 Å². The van der Waals surface area contributed by atoms with Crippen LogP contribution in [0.3, 0.4) is 0 Å². The third-order valence-electron chi connectivity index (χ3n) is 2.66. The normalized spacial score (nSPS) is 10.3. The summed E-state index contributed by atoms with van der Waals surface area (Å²) in [6, 6.07) is 14.1. The minimum atomic E-state index is -0.534. The van der Waals surface area contributed by atoms with Gasteiger partial charge in [0, 0.05) is 0 Å². The quantitative estimate of drug-likeness (QED) is 0.763. The van der Waals surface area contributed by atoms with E-state index in [0.717, 1.165) is 10.2 Å². The standard InChI is InChI=1S/C14H8FN3S/c15-10-4-3-6-11(9(10)8-16)17-14-18-12-5-1-2-7-13(12)19-14/h1-7H,(H,17,18). The van der Waals surface area contributed by atoms with Crippen molar-refractivity contribution >= 4 is 32.4 Å². The number of rotatable bonds is 2. The first kappa shape index (κ1) is 11.6. The number of hydrogen-bond donors (Lipinski definition) is 1. The number of thiazole rings is 1. The van der Waals surface area contributed by atoms with E-state index in [0.29, 0.717) is 10.8 Å². The fraction of sp³-hybridized carbons (Fsp3) is 0. The molecule has 0 bridgehead atoms. The molecule has 0 atom stereocenters. The highest BCUT2D eigenvalue weighted by atomic mass is 32.1. The van der Waals surface area contributed by atoms with Gasteiger partial charge in [-0.3, -0.25) is 0 Å². The highest BCUT2D eigenvalue weighted by Crippen LogP contribution is 2.29. The Labute approximate surface area is 113 Å². The summed E-state index contributed by atoms with van der Waals surface area (Å²) in [5, 5.41) is 12.6. The van der Waals surface area contributed by atoms with Crippen LogP contribution in [0.2, 0.25) is 0 Å². The Balaban J connectivity index is 2.02. The first-order valence-corrected chi connectivity index (χ1v) is 6.41. The van der Waals surface area contributed by atoms with E-state index in [1.807, 2.05) is 30.3 Å². The van der Waals surface area contributed by atoms with E-state index in [2.05, 4.69) is 10.3 Å². The van der Waals surface area contributed by atoms with Crippen molar-refractivity contribution in [1.29, 1.82) is 5.26 Å². The van der Waals surface area contributed by atoms with Crippen LogP contribution in [-0.4, -0.2) is 4.98 Å². The number of nitriles is 1. The van der Waals surface area contributed by atoms with Gasteiger partial charge in [-0.2, -0.15) is 5.26 Å². The zero-order chi connectivity index (χ0) is 13.2. The predicted molar refractivity (Wildman–Crippen MR) is 74.0 cm³/mol. The van der Waals surface area contributed by atoms with Gasteiger partial charge in [-0.25, -0.2) is 9.37 Å². The Hall–Kier alpha value is -2.45. The van der Waals surface area contributed by atoms with Crippen molar-refractivity contribution < 1.29 is 4.39 Å². The molecule has 0 aliphatic carbocycles. The fourth-order valence-corrected chi connectivity index (χ4v) is 2.66. The summed E-state index contributed by atoms with van der Waals surface area (Å²) < 4.78 is 14.5. The van der Waals surface area contributed by atoms with Crippen molar-refractivity contribution in [3.8, 4) is 6.07 Å². The monoisotopic (exact) mass is 269 g/mol. The molecule has 2 aromatic carbocycles. The number of para-hydroxylation sites is 1. The number of hydrogen-bond acceptors (Lipinski definition) is 4. The summed E-state index contributed by atoms with van der Waals surface area (Å²) in [6.45, 7) is 0. The minimum absolute atomic E-state index is 0.00163. The minimum Gasteiger partial charge on any atom is -0.330 e. The maximum atomic E-state index is 13.5. The van der Waals surface area contributed by atoms with Crippen molar-refractivity contribution in [3.05, 3.63) is 53.8 Å². The highest BCUT2D eigenvalue weighted by Gasteiger charge is 2.10. The smallest absolute Gasteiger partial charge is 0.188 e. The maximum Gasteiger partial charge on any atom is 0.188 e. The molecule has 0 saturated carbocycles. The van der Waals surface area contributed by atoms with E-state index < -0.39 is 5.82 Å². The van der Waals surface area contributed by atoms with Gasteiger partial charge in [0.2, 0.25) is 0 Å². The van der Waals surface area contributed by atoms with E-state index in [9.17, 15) is 4.39 Å². The maximum absolute atomic E-state index is 13.5. The molecule has 92 valence electrons. The van der Waals surface area contributed by atoms with Crippen LogP contribution in [0.5, 0.6) is 0 Å². The Morgan fingerprint density at radius 1 is 1.16 bits per heavy atom. The Morgan fingerprint density at radius 2 is 2.00 bits per heavy atom. The molecule has 1 N–H and O–H groups in total. The molecule has 19 heavy (non-hydrogen) atoms. The van der Waals surface area contributed by atoms with Gasteiger partial charge in [0.1, 0.15) is 17.4 Å². The number of aromatic nitrogens is 1. The van der Waals surface area contributed by atoms with E-state index >= 15 is 0 Å². The van der Waals surface area contributed by atoms with Gasteiger partial charge in [-0.05, 0) is 24.3 Å². The van der Waals surface area contributed by atoms with Crippen LogP contribution < -0.4 is 5.32 Å². The number of nitrogens with zero attached hydrogens (tertiary/aromatic N) is 2. The number of anilines is 2. The molecule has 5 heteroatoms. The van der Waals surface area contributed by atoms with E-state index in [4.69, 9.17) is 5.26 Å². The average Bonchev–Trinajstić information content (AvgIpc) is 2.81. The molecule has 0 fully saturated rings. The lowest BCUT2D eigenvalue weighted by molar-refractivity contribution is 0.624. The van der Waals surface area contributed by atoms with Gasteiger partial charge in [0.25, 0.3) is 0 Å². The Bertz CT molecular complexity index is 756. The van der Waals surface area contributed by atoms with Gasteiger partial charge >= 0.3 is 0 Å². The molecule has 1 heterocycles. The lowest BCUT2D eigenvalue weighted by Gasteiger charge is -2.04. The van der Waals surface area contributed by atoms with Crippen LogP contribution in [0.15, 0.2) is 42.5 Å². The molecule has 1 aromatic heterocycles. The third kappa shape index (κ3) is 2.14.